The van der Waals surface area contributed by atoms with Crippen LogP contribution in [0.2, 0.25) is 0 Å². The number of rotatable bonds is 3. The van der Waals surface area contributed by atoms with Crippen molar-refractivity contribution in [3.05, 3.63) is 34.6 Å². The van der Waals surface area contributed by atoms with E-state index in [-0.39, 0.29) is 45.4 Å². The molecule has 6 nitrogen and oxygen atoms in total. The number of carbonyl (C=O) groups is 3. The summed E-state index contributed by atoms with van der Waals surface area (Å²) in [6, 6.07) is 5.31. The average Bonchev–Trinajstić information content (AvgIpc) is 2.41. The third kappa shape index (κ3) is 4.39. The molecule has 1 aromatic rings. The molecule has 0 bridgehead atoms. The van der Waals surface area contributed by atoms with Gasteiger partial charge in [-0.1, -0.05) is 13.0 Å². The molecule has 3 amide bonds. The molecule has 0 saturated carbocycles. The van der Waals surface area contributed by atoms with Crippen LogP contribution in [-0.2, 0) is 30.7 Å². The Morgan fingerprint density at radius 3 is 2.76 bits per heavy atom. The smallest absolute Gasteiger partial charge is 0.684 e. The van der Waals surface area contributed by atoms with Crippen molar-refractivity contribution in [2.24, 2.45) is 0 Å². The molecule has 0 spiro atoms. The van der Waals surface area contributed by atoms with Gasteiger partial charge in [-0.15, -0.1) is 23.3 Å². The van der Waals surface area contributed by atoms with Crippen molar-refractivity contribution in [3.63, 3.8) is 0 Å². The Kier molecular flexibility index (Phi) is 6.09. The van der Waals surface area contributed by atoms with Crippen LogP contribution in [0.15, 0.2) is 12.1 Å². The number of nitrogens with one attached hydrogen (secondary N) is 1. The Labute approximate surface area is 136 Å². The first kappa shape index (κ1) is 17.4. The van der Waals surface area contributed by atoms with Gasteiger partial charge in [-0.05, 0) is 18.4 Å². The molecule has 2 rings (SSSR count). The molecule has 1 fully saturated rings. The largest absolute Gasteiger partial charge is 2.00 e. The molecule has 1 atom stereocenters. The molecular weight excluding hydrogens is 444 g/mol. The number of piperidine rings is 1. The van der Waals surface area contributed by atoms with Gasteiger partial charge in [0.25, 0.3) is 0 Å². The fourth-order valence-electron chi connectivity index (χ4n) is 1.93. The zero-order chi connectivity index (χ0) is 14.7. The number of carbonyl (C=O) groups excluding carboxylic acids is 3. The van der Waals surface area contributed by atoms with Gasteiger partial charge in [0.2, 0.25) is 11.8 Å². The number of hydrogen-bond acceptors (Lipinski definition) is 4. The van der Waals surface area contributed by atoms with Crippen molar-refractivity contribution in [1.82, 2.24) is 5.32 Å². The van der Waals surface area contributed by atoms with Gasteiger partial charge in [0.1, 0.15) is 0 Å². The van der Waals surface area contributed by atoms with Crippen molar-refractivity contribution in [3.8, 4) is 5.75 Å². The SMILES string of the molecule is COc1cc(C)[c-]c(C(=O)[N-]C2CCC(=O)NC2=O)c1.[W+2]. The summed E-state index contributed by atoms with van der Waals surface area (Å²) in [7, 11) is 1.50. The first-order valence-corrected chi connectivity index (χ1v) is 6.16. The first-order chi connectivity index (χ1) is 9.49. The zero-order valence-corrected chi connectivity index (χ0v) is 14.6. The summed E-state index contributed by atoms with van der Waals surface area (Å²) in [5, 5.41) is 6.01. The monoisotopic (exact) mass is 458 g/mol. The van der Waals surface area contributed by atoms with Crippen molar-refractivity contribution >= 4 is 17.7 Å². The van der Waals surface area contributed by atoms with E-state index in [1.807, 2.05) is 0 Å². The standard InChI is InChI=1S/C14H15N2O4.W/c1-8-5-9(7-10(6-8)20-2)13(18)15-11-3-4-12(17)16-14(11)19;/h6-7,11H,3-4H2,1-2H3,(H2,15,16,17,18,19);/q-1;+2/p-1. The number of benzene rings is 1. The van der Waals surface area contributed by atoms with Gasteiger partial charge in [-0.2, -0.15) is 0 Å². The van der Waals surface area contributed by atoms with Gasteiger partial charge < -0.3 is 14.8 Å². The Balaban J connectivity index is 0.00000220. The van der Waals surface area contributed by atoms with Crippen LogP contribution in [0, 0.1) is 13.0 Å². The van der Waals surface area contributed by atoms with Crippen LogP contribution in [-0.4, -0.2) is 30.9 Å². The van der Waals surface area contributed by atoms with Crippen LogP contribution >= 0.6 is 0 Å². The summed E-state index contributed by atoms with van der Waals surface area (Å²) in [6.45, 7) is 1.78. The predicted octanol–water partition coefficient (Wildman–Crippen LogP) is 1.12. The topological polar surface area (TPSA) is 86.6 Å². The number of nitrogens with zero attached hydrogens (tertiary/aromatic N) is 1. The Hall–Kier alpha value is -1.68. The van der Waals surface area contributed by atoms with Gasteiger partial charge in [-0.3, -0.25) is 14.9 Å². The van der Waals surface area contributed by atoms with E-state index in [9.17, 15) is 14.4 Å². The van der Waals surface area contributed by atoms with Crippen molar-refractivity contribution < 1.29 is 40.2 Å². The van der Waals surface area contributed by atoms with Gasteiger partial charge in [0, 0.05) is 12.2 Å². The molecule has 1 aliphatic heterocycles. The van der Waals surface area contributed by atoms with E-state index in [0.29, 0.717) is 5.75 Å². The maximum absolute atomic E-state index is 12.0. The second-order valence-corrected chi connectivity index (χ2v) is 4.52. The molecule has 7 heteroatoms. The molecule has 1 heterocycles. The maximum Gasteiger partial charge on any atom is 2.00 e. The van der Waals surface area contributed by atoms with E-state index in [2.05, 4.69) is 16.7 Å². The number of hydrogen-bond donors (Lipinski definition) is 1. The minimum Gasteiger partial charge on any atom is -0.684 e. The molecule has 1 aliphatic rings. The predicted molar refractivity (Wildman–Crippen MR) is 70.4 cm³/mol. The van der Waals surface area contributed by atoms with Crippen LogP contribution in [0.1, 0.15) is 28.8 Å². The molecule has 0 aliphatic carbocycles. The van der Waals surface area contributed by atoms with Gasteiger partial charge >= 0.3 is 21.1 Å². The van der Waals surface area contributed by atoms with Crippen molar-refractivity contribution in [2.45, 2.75) is 25.8 Å². The molecule has 1 saturated heterocycles. The summed E-state index contributed by atoms with van der Waals surface area (Å²) < 4.78 is 5.07. The Morgan fingerprint density at radius 1 is 1.43 bits per heavy atom. The molecule has 21 heavy (non-hydrogen) atoms. The summed E-state index contributed by atoms with van der Waals surface area (Å²) in [5.41, 5.74) is 0.984. The summed E-state index contributed by atoms with van der Waals surface area (Å²) in [5.74, 6) is -0.878. The fourth-order valence-corrected chi connectivity index (χ4v) is 1.93. The maximum atomic E-state index is 12.0. The average molecular weight is 458 g/mol. The van der Waals surface area contributed by atoms with Gasteiger partial charge in [0.05, 0.1) is 7.11 Å². The third-order valence-electron chi connectivity index (χ3n) is 2.93. The quantitative estimate of drug-likeness (QED) is 0.544. The van der Waals surface area contributed by atoms with Crippen LogP contribution in [0.25, 0.3) is 5.32 Å². The molecule has 0 aromatic heterocycles. The third-order valence-corrected chi connectivity index (χ3v) is 2.93. The van der Waals surface area contributed by atoms with E-state index in [0.717, 1.165) is 5.56 Å². The normalized spacial score (nSPS) is 17.5. The van der Waals surface area contributed by atoms with Crippen molar-refractivity contribution in [2.75, 3.05) is 7.11 Å². The molecular formula is C14H14N2O4W. The second kappa shape index (κ2) is 7.36. The number of aryl methyl sites for hydroxylation is 1. The minimum atomic E-state index is -0.819. The molecule has 1 unspecified atom stereocenters. The van der Waals surface area contributed by atoms with E-state index < -0.39 is 17.9 Å². The van der Waals surface area contributed by atoms with Crippen LogP contribution in [0.4, 0.5) is 0 Å². The Bertz CT molecular complexity index is 574. The number of ether oxygens (including phenoxy) is 1. The van der Waals surface area contributed by atoms with Gasteiger partial charge in [-0.25, -0.2) is 0 Å². The number of imide groups is 1. The fraction of sp³-hybridized carbons (Fsp3) is 0.357. The molecule has 1 N–H and O–H groups in total. The summed E-state index contributed by atoms with van der Waals surface area (Å²) >= 11 is 0. The van der Waals surface area contributed by atoms with Crippen LogP contribution in [0.3, 0.4) is 0 Å². The van der Waals surface area contributed by atoms with Gasteiger partial charge in [0.15, 0.2) is 0 Å². The van der Waals surface area contributed by atoms with E-state index in [1.165, 1.54) is 13.2 Å². The molecule has 0 radical (unpaired) electrons. The van der Waals surface area contributed by atoms with Crippen LogP contribution < -0.4 is 10.1 Å². The van der Waals surface area contributed by atoms with E-state index in [4.69, 9.17) is 4.74 Å². The molecule has 1 aromatic carbocycles. The number of amides is 3. The summed E-state index contributed by atoms with van der Waals surface area (Å²) in [4.78, 5) is 34.6. The molecule has 110 valence electrons. The van der Waals surface area contributed by atoms with Crippen molar-refractivity contribution in [1.29, 1.82) is 0 Å². The number of methoxy groups -OCH3 is 1. The van der Waals surface area contributed by atoms with E-state index in [1.54, 1.807) is 13.0 Å². The Morgan fingerprint density at radius 2 is 2.14 bits per heavy atom. The van der Waals surface area contributed by atoms with E-state index >= 15 is 0 Å². The summed E-state index contributed by atoms with van der Waals surface area (Å²) in [6.07, 6.45) is 0.438. The minimum absolute atomic E-state index is 0. The van der Waals surface area contributed by atoms with Crippen LogP contribution in [0.5, 0.6) is 5.75 Å². The second-order valence-electron chi connectivity index (χ2n) is 4.52. The zero-order valence-electron chi connectivity index (χ0n) is 11.6. The first-order valence-electron chi connectivity index (χ1n) is 6.16.